The minimum Gasteiger partial charge on any atom is -0.350 e. The van der Waals surface area contributed by atoms with Crippen LogP contribution in [0, 0.1) is 5.82 Å². The number of halogens is 3. The third-order valence-electron chi connectivity index (χ3n) is 5.81. The topological polar surface area (TPSA) is 138 Å². The molecule has 1 aliphatic heterocycles. The molecule has 0 spiro atoms. The Morgan fingerprint density at radius 2 is 2.09 bits per heavy atom. The Hall–Kier alpha value is -2.92. The zero-order chi connectivity index (χ0) is 25.5. The van der Waals surface area contributed by atoms with Gasteiger partial charge in [0.2, 0.25) is 11.8 Å². The summed E-state index contributed by atoms with van der Waals surface area (Å²) >= 11 is 5.75. The lowest BCUT2D eigenvalue weighted by Gasteiger charge is -2.27. The summed E-state index contributed by atoms with van der Waals surface area (Å²) in [4.78, 5) is 50.4. The molecule has 0 aliphatic carbocycles. The van der Waals surface area contributed by atoms with E-state index in [1.807, 2.05) is 0 Å². The van der Waals surface area contributed by atoms with E-state index in [2.05, 4.69) is 15.4 Å². The molecule has 186 valence electrons. The van der Waals surface area contributed by atoms with Gasteiger partial charge in [-0.2, -0.15) is 5.10 Å². The van der Waals surface area contributed by atoms with E-state index in [9.17, 15) is 32.7 Å². The number of likely N-dealkylation sites (tertiary alicyclic amines) is 1. The Balaban J connectivity index is 1.57. The number of carbonyl (C=O) groups excluding carboxylic acids is 2. The van der Waals surface area contributed by atoms with Gasteiger partial charge in [-0.25, -0.2) is 8.78 Å². The lowest BCUT2D eigenvalue weighted by molar-refractivity contribution is -0.140. The molecule has 3 aromatic rings. The van der Waals surface area contributed by atoms with Crippen LogP contribution in [0.3, 0.4) is 0 Å². The van der Waals surface area contributed by atoms with Gasteiger partial charge in [-0.05, 0) is 19.1 Å². The molecular weight excluding hydrogens is 507 g/mol. The predicted molar refractivity (Wildman–Crippen MR) is 122 cm³/mol. The highest BCUT2D eigenvalue weighted by molar-refractivity contribution is 7.60. The molecule has 14 heteroatoms. The maximum atomic E-state index is 14.3. The van der Waals surface area contributed by atoms with Gasteiger partial charge in [0.15, 0.2) is 5.44 Å². The molecule has 1 aromatic carbocycles. The Morgan fingerprint density at radius 1 is 1.34 bits per heavy atom. The molecule has 0 bridgehead atoms. The van der Waals surface area contributed by atoms with Crippen LogP contribution in [0.1, 0.15) is 24.9 Å². The quantitative estimate of drug-likeness (QED) is 0.416. The number of hydrogen-bond acceptors (Lipinski definition) is 5. The molecular formula is C21H21ClF2N5O5P. The second-order valence-electron chi connectivity index (χ2n) is 8.15. The average Bonchev–Trinajstić information content (AvgIpc) is 3.40. The van der Waals surface area contributed by atoms with Crippen LogP contribution in [-0.4, -0.2) is 60.0 Å². The minimum absolute atomic E-state index is 0.109. The summed E-state index contributed by atoms with van der Waals surface area (Å²) in [6.07, 6.45) is 0.914. The molecule has 1 unspecified atom stereocenters. The van der Waals surface area contributed by atoms with Crippen LogP contribution in [0.4, 0.5) is 8.78 Å². The van der Waals surface area contributed by atoms with Gasteiger partial charge in [-0.3, -0.25) is 23.8 Å². The monoisotopic (exact) mass is 527 g/mol. The van der Waals surface area contributed by atoms with E-state index in [4.69, 9.17) is 11.6 Å². The van der Waals surface area contributed by atoms with E-state index in [-0.39, 0.29) is 41.0 Å². The molecule has 3 N–H and O–H groups in total. The highest BCUT2D eigenvalue weighted by atomic mass is 35.5. The number of pyridine rings is 1. The van der Waals surface area contributed by atoms with Crippen molar-refractivity contribution in [3.05, 3.63) is 53.1 Å². The fourth-order valence-electron chi connectivity index (χ4n) is 4.08. The largest absolute Gasteiger partial charge is 0.376 e. The van der Waals surface area contributed by atoms with Gasteiger partial charge in [0, 0.05) is 30.1 Å². The van der Waals surface area contributed by atoms with Crippen molar-refractivity contribution in [3.63, 3.8) is 0 Å². The van der Waals surface area contributed by atoms with Crippen molar-refractivity contribution in [2.24, 2.45) is 0 Å². The molecule has 4 rings (SSSR count). The van der Waals surface area contributed by atoms with E-state index in [1.165, 1.54) is 43.6 Å². The molecule has 3 atom stereocenters. The molecule has 3 heterocycles. The SMILES string of the molecule is CC(C(=O)N1C[C@H](F)C[C@H]1C(=O)NCc1cccc(Cl)c1F)n1nc(P(=O)(O)O)c2ccncc21. The first kappa shape index (κ1) is 25.2. The van der Waals surface area contributed by atoms with Gasteiger partial charge in [0.05, 0.1) is 23.3 Å². The highest BCUT2D eigenvalue weighted by Gasteiger charge is 2.42. The molecule has 0 saturated carbocycles. The zero-order valence-electron chi connectivity index (χ0n) is 18.3. The van der Waals surface area contributed by atoms with Crippen molar-refractivity contribution in [3.8, 4) is 0 Å². The summed E-state index contributed by atoms with van der Waals surface area (Å²) in [5.74, 6) is -2.04. The maximum absolute atomic E-state index is 14.3. The van der Waals surface area contributed by atoms with Crippen molar-refractivity contribution in [2.45, 2.75) is 38.1 Å². The van der Waals surface area contributed by atoms with Gasteiger partial charge < -0.3 is 20.0 Å². The number of aromatic nitrogens is 3. The van der Waals surface area contributed by atoms with Gasteiger partial charge in [0.1, 0.15) is 24.1 Å². The fourth-order valence-corrected chi connectivity index (χ4v) is 4.99. The van der Waals surface area contributed by atoms with Crippen molar-refractivity contribution in [2.75, 3.05) is 6.54 Å². The summed E-state index contributed by atoms with van der Waals surface area (Å²) in [6.45, 7) is 0.861. The van der Waals surface area contributed by atoms with E-state index in [0.717, 1.165) is 9.58 Å². The molecule has 1 saturated heterocycles. The third-order valence-corrected chi connectivity index (χ3v) is 6.98. The van der Waals surface area contributed by atoms with Crippen molar-refractivity contribution >= 4 is 47.3 Å². The number of rotatable bonds is 6. The summed E-state index contributed by atoms with van der Waals surface area (Å²) in [6, 6.07) is 3.39. The number of benzene rings is 1. The Kier molecular flexibility index (Phi) is 6.92. The maximum Gasteiger partial charge on any atom is 0.376 e. The number of carbonyl (C=O) groups is 2. The first-order chi connectivity index (χ1) is 16.5. The summed E-state index contributed by atoms with van der Waals surface area (Å²) in [5.41, 5.74) is -0.190. The van der Waals surface area contributed by atoms with E-state index >= 15 is 0 Å². The zero-order valence-corrected chi connectivity index (χ0v) is 20.0. The predicted octanol–water partition coefficient (Wildman–Crippen LogP) is 1.84. The van der Waals surface area contributed by atoms with E-state index < -0.39 is 48.9 Å². The number of alkyl halides is 1. The van der Waals surface area contributed by atoms with Crippen LogP contribution in [0.25, 0.3) is 10.9 Å². The van der Waals surface area contributed by atoms with Gasteiger partial charge >= 0.3 is 7.60 Å². The van der Waals surface area contributed by atoms with E-state index in [1.54, 1.807) is 0 Å². The number of amides is 2. The number of nitrogens with zero attached hydrogens (tertiary/aromatic N) is 4. The Bertz CT molecular complexity index is 1350. The van der Waals surface area contributed by atoms with Crippen LogP contribution in [-0.2, 0) is 20.7 Å². The summed E-state index contributed by atoms with van der Waals surface area (Å²) < 4.78 is 41.4. The molecule has 2 aromatic heterocycles. The van der Waals surface area contributed by atoms with E-state index in [0.29, 0.717) is 0 Å². The van der Waals surface area contributed by atoms with Gasteiger partial charge in [-0.1, -0.05) is 23.7 Å². The fraction of sp³-hybridized carbons (Fsp3) is 0.333. The third kappa shape index (κ3) is 4.92. The Labute approximate surface area is 203 Å². The lowest BCUT2D eigenvalue weighted by Crippen LogP contribution is -2.47. The molecule has 1 aliphatic rings. The molecule has 1 fully saturated rings. The van der Waals surface area contributed by atoms with Crippen LogP contribution >= 0.6 is 19.2 Å². The molecule has 35 heavy (non-hydrogen) atoms. The second kappa shape index (κ2) is 9.62. The number of nitrogens with one attached hydrogen (secondary N) is 1. The van der Waals surface area contributed by atoms with Gasteiger partial charge in [-0.15, -0.1) is 0 Å². The molecule has 0 radical (unpaired) electrons. The summed E-state index contributed by atoms with van der Waals surface area (Å²) in [7, 11) is -4.77. The van der Waals surface area contributed by atoms with Crippen molar-refractivity contribution in [1.82, 2.24) is 25.0 Å². The van der Waals surface area contributed by atoms with Crippen LogP contribution in [0.15, 0.2) is 36.7 Å². The summed E-state index contributed by atoms with van der Waals surface area (Å²) in [5, 5.41) is 6.48. The Morgan fingerprint density at radius 3 is 2.80 bits per heavy atom. The first-order valence-electron chi connectivity index (χ1n) is 10.5. The highest BCUT2D eigenvalue weighted by Crippen LogP contribution is 2.36. The van der Waals surface area contributed by atoms with Crippen LogP contribution in [0.2, 0.25) is 5.02 Å². The smallest absolute Gasteiger partial charge is 0.350 e. The van der Waals surface area contributed by atoms with Crippen molar-refractivity contribution < 1.29 is 32.7 Å². The van der Waals surface area contributed by atoms with Crippen LogP contribution in [0.5, 0.6) is 0 Å². The lowest BCUT2D eigenvalue weighted by atomic mass is 10.1. The second-order valence-corrected chi connectivity index (χ2v) is 10.1. The van der Waals surface area contributed by atoms with Crippen molar-refractivity contribution in [1.29, 1.82) is 0 Å². The first-order valence-corrected chi connectivity index (χ1v) is 12.5. The normalized spacial score (nSPS) is 19.2. The number of fused-ring (bicyclic) bond motifs is 1. The molecule has 10 nitrogen and oxygen atoms in total. The number of hydrogen-bond donors (Lipinski definition) is 3. The minimum atomic E-state index is -4.77. The van der Waals surface area contributed by atoms with Gasteiger partial charge in [0.25, 0.3) is 0 Å². The molecule has 2 amide bonds. The standard InChI is InChI=1S/C21H21ClF2N5O5P/c1-11(29-17-9-25-6-5-14(17)20(27-29)35(32,33)34)21(31)28-10-13(23)7-16(28)19(30)26-8-12-3-2-4-15(22)18(12)24/h2-6,9,11,13,16H,7-8,10H2,1H3,(H,26,30)(H2,32,33,34)/t11?,13-,16+/m1/s1. The average molecular weight is 528 g/mol. The van der Waals surface area contributed by atoms with Crippen LogP contribution < -0.4 is 10.8 Å².